The van der Waals surface area contributed by atoms with E-state index in [1.54, 1.807) is 24.3 Å². The Hall–Kier alpha value is -1.31. The molecule has 2 rings (SSSR count). The van der Waals surface area contributed by atoms with Gasteiger partial charge in [0.2, 0.25) is 0 Å². The lowest BCUT2D eigenvalue weighted by atomic mass is 10.0. The molecule has 0 unspecified atom stereocenters. The van der Waals surface area contributed by atoms with Crippen molar-refractivity contribution in [3.8, 4) is 0 Å². The zero-order valence-electron chi connectivity index (χ0n) is 9.62. The molecular formula is C15H11Cl2O. The molecule has 0 heterocycles. The topological polar surface area (TPSA) is 17.1 Å². The first-order valence-electron chi connectivity index (χ1n) is 5.45. The van der Waals surface area contributed by atoms with Crippen LogP contribution in [0.3, 0.4) is 0 Å². The fourth-order valence-corrected chi connectivity index (χ4v) is 1.95. The van der Waals surface area contributed by atoms with Crippen molar-refractivity contribution in [2.75, 3.05) is 0 Å². The first-order chi connectivity index (χ1) is 8.56. The molecule has 2 aromatic carbocycles. The van der Waals surface area contributed by atoms with Crippen molar-refractivity contribution in [3.63, 3.8) is 0 Å². The molecule has 0 aliphatic heterocycles. The number of rotatable bonds is 3. The van der Waals surface area contributed by atoms with Gasteiger partial charge < -0.3 is 0 Å². The van der Waals surface area contributed by atoms with E-state index in [-0.39, 0.29) is 5.78 Å². The van der Waals surface area contributed by atoms with Crippen molar-refractivity contribution >= 4 is 29.0 Å². The lowest BCUT2D eigenvalue weighted by molar-refractivity contribution is 0.0993. The lowest BCUT2D eigenvalue weighted by Gasteiger charge is -2.03. The highest BCUT2D eigenvalue weighted by atomic mass is 35.5. The van der Waals surface area contributed by atoms with E-state index in [9.17, 15) is 4.79 Å². The molecule has 0 saturated heterocycles. The molecule has 0 aliphatic rings. The fourth-order valence-electron chi connectivity index (χ4n) is 1.63. The lowest BCUT2D eigenvalue weighted by Crippen LogP contribution is -2.03. The molecular weight excluding hydrogens is 267 g/mol. The van der Waals surface area contributed by atoms with E-state index in [4.69, 9.17) is 23.2 Å². The molecule has 0 bridgehead atoms. The van der Waals surface area contributed by atoms with Gasteiger partial charge in [-0.25, -0.2) is 0 Å². The number of hydrogen-bond acceptors (Lipinski definition) is 1. The average Bonchev–Trinajstić information content (AvgIpc) is 2.34. The normalized spacial score (nSPS) is 10.4. The molecule has 0 amide bonds. The van der Waals surface area contributed by atoms with Gasteiger partial charge >= 0.3 is 0 Å². The standard InChI is InChI=1S/C15H11Cl2O/c1-10-2-5-12(6-3-10)15(18)9-11-4-7-13(16)14(17)8-11/h2-8H,1,9H2. The molecule has 0 aromatic heterocycles. The van der Waals surface area contributed by atoms with Gasteiger partial charge in [-0.1, -0.05) is 53.5 Å². The van der Waals surface area contributed by atoms with Crippen molar-refractivity contribution in [3.05, 3.63) is 76.1 Å². The van der Waals surface area contributed by atoms with Crippen LogP contribution in [0.1, 0.15) is 21.5 Å². The second-order valence-corrected chi connectivity index (χ2v) is 4.86. The second kappa shape index (κ2) is 5.55. The number of Topliss-reactive ketones (excluding diaryl/α,β-unsaturated/α-hetero) is 1. The zero-order chi connectivity index (χ0) is 13.1. The van der Waals surface area contributed by atoms with Gasteiger partial charge in [-0.15, -0.1) is 0 Å². The Morgan fingerprint density at radius 3 is 2.28 bits per heavy atom. The van der Waals surface area contributed by atoms with Crippen LogP contribution in [0.2, 0.25) is 10.0 Å². The summed E-state index contributed by atoms with van der Waals surface area (Å²) in [5, 5.41) is 0.962. The molecule has 0 fully saturated rings. The van der Waals surface area contributed by atoms with Crippen LogP contribution in [0.5, 0.6) is 0 Å². The van der Waals surface area contributed by atoms with Crippen LogP contribution in [-0.4, -0.2) is 5.78 Å². The highest BCUT2D eigenvalue weighted by Gasteiger charge is 2.08. The molecule has 3 heteroatoms. The Kier molecular flexibility index (Phi) is 4.05. The number of halogens is 2. The predicted octanol–water partition coefficient (Wildman–Crippen LogP) is 4.60. The molecule has 0 atom stereocenters. The van der Waals surface area contributed by atoms with Gasteiger partial charge in [0.25, 0.3) is 0 Å². The van der Waals surface area contributed by atoms with Gasteiger partial charge in [-0.05, 0) is 30.2 Å². The zero-order valence-corrected chi connectivity index (χ0v) is 11.1. The van der Waals surface area contributed by atoms with Crippen molar-refractivity contribution in [2.45, 2.75) is 6.42 Å². The highest BCUT2D eigenvalue weighted by molar-refractivity contribution is 6.42. The fraction of sp³-hybridized carbons (Fsp3) is 0.0667. The van der Waals surface area contributed by atoms with Gasteiger partial charge in [0.15, 0.2) is 5.78 Å². The summed E-state index contributed by atoms with van der Waals surface area (Å²) in [5.41, 5.74) is 2.42. The molecule has 0 saturated carbocycles. The van der Waals surface area contributed by atoms with Gasteiger partial charge in [0.05, 0.1) is 10.0 Å². The summed E-state index contributed by atoms with van der Waals surface area (Å²) >= 11 is 11.7. The molecule has 0 spiro atoms. The largest absolute Gasteiger partial charge is 0.294 e. The van der Waals surface area contributed by atoms with Crippen LogP contribution < -0.4 is 0 Å². The summed E-state index contributed by atoms with van der Waals surface area (Å²) < 4.78 is 0. The Morgan fingerprint density at radius 1 is 1.00 bits per heavy atom. The van der Waals surface area contributed by atoms with E-state index in [1.165, 1.54) is 0 Å². The Labute approximate surface area is 116 Å². The Bertz CT molecular complexity index is 574. The number of carbonyl (C=O) groups is 1. The van der Waals surface area contributed by atoms with Crippen molar-refractivity contribution in [1.29, 1.82) is 0 Å². The van der Waals surface area contributed by atoms with E-state index in [0.717, 1.165) is 11.1 Å². The van der Waals surface area contributed by atoms with Crippen molar-refractivity contribution in [2.24, 2.45) is 0 Å². The maximum Gasteiger partial charge on any atom is 0.167 e. The average molecular weight is 278 g/mol. The maximum atomic E-state index is 12.0. The molecule has 1 radical (unpaired) electrons. The number of ketones is 1. The van der Waals surface area contributed by atoms with Gasteiger partial charge in [0.1, 0.15) is 0 Å². The van der Waals surface area contributed by atoms with E-state index in [2.05, 4.69) is 6.92 Å². The van der Waals surface area contributed by atoms with Crippen LogP contribution in [0.15, 0.2) is 42.5 Å². The van der Waals surface area contributed by atoms with Gasteiger partial charge in [-0.3, -0.25) is 4.79 Å². The van der Waals surface area contributed by atoms with E-state index in [0.29, 0.717) is 22.0 Å². The minimum atomic E-state index is 0.0494. The van der Waals surface area contributed by atoms with E-state index in [1.807, 2.05) is 18.2 Å². The van der Waals surface area contributed by atoms with Crippen LogP contribution >= 0.6 is 23.2 Å². The summed E-state index contributed by atoms with van der Waals surface area (Å²) in [6.45, 7) is 3.78. The third kappa shape index (κ3) is 3.12. The SMILES string of the molecule is [CH2]c1ccc(C(=O)Cc2ccc(Cl)c(Cl)c2)cc1. The first kappa shape index (κ1) is 13.1. The van der Waals surface area contributed by atoms with Crippen LogP contribution in [0, 0.1) is 6.92 Å². The number of benzene rings is 2. The summed E-state index contributed by atoms with van der Waals surface area (Å²) in [5.74, 6) is 0.0494. The third-order valence-electron chi connectivity index (χ3n) is 2.62. The predicted molar refractivity (Wildman–Crippen MR) is 75.4 cm³/mol. The summed E-state index contributed by atoms with van der Waals surface area (Å²) in [7, 11) is 0. The number of hydrogen-bond donors (Lipinski definition) is 0. The van der Waals surface area contributed by atoms with Crippen LogP contribution in [0.25, 0.3) is 0 Å². The molecule has 18 heavy (non-hydrogen) atoms. The third-order valence-corrected chi connectivity index (χ3v) is 3.36. The van der Waals surface area contributed by atoms with Crippen LogP contribution in [0.4, 0.5) is 0 Å². The van der Waals surface area contributed by atoms with Crippen molar-refractivity contribution < 1.29 is 4.79 Å². The maximum absolute atomic E-state index is 12.0. The molecule has 0 aliphatic carbocycles. The smallest absolute Gasteiger partial charge is 0.167 e. The second-order valence-electron chi connectivity index (χ2n) is 4.05. The minimum Gasteiger partial charge on any atom is -0.294 e. The molecule has 0 N–H and O–H groups in total. The van der Waals surface area contributed by atoms with Gasteiger partial charge in [-0.2, -0.15) is 0 Å². The van der Waals surface area contributed by atoms with Crippen LogP contribution in [-0.2, 0) is 6.42 Å². The monoisotopic (exact) mass is 277 g/mol. The first-order valence-corrected chi connectivity index (χ1v) is 6.21. The minimum absolute atomic E-state index is 0.0494. The van der Waals surface area contributed by atoms with Crippen molar-refractivity contribution in [1.82, 2.24) is 0 Å². The summed E-state index contributed by atoms with van der Waals surface area (Å²) in [6.07, 6.45) is 0.313. The number of carbonyl (C=O) groups excluding carboxylic acids is 1. The van der Waals surface area contributed by atoms with Gasteiger partial charge in [0, 0.05) is 12.0 Å². The summed E-state index contributed by atoms with van der Waals surface area (Å²) in [4.78, 5) is 12.0. The van der Waals surface area contributed by atoms with E-state index >= 15 is 0 Å². The molecule has 1 nitrogen and oxygen atoms in total. The highest BCUT2D eigenvalue weighted by Crippen LogP contribution is 2.23. The molecule has 91 valence electrons. The Balaban J connectivity index is 2.16. The molecule has 2 aromatic rings. The quantitative estimate of drug-likeness (QED) is 0.750. The Morgan fingerprint density at radius 2 is 1.67 bits per heavy atom. The summed E-state index contributed by atoms with van der Waals surface area (Å²) in [6, 6.07) is 12.4. The van der Waals surface area contributed by atoms with E-state index < -0.39 is 0 Å².